The van der Waals surface area contributed by atoms with Gasteiger partial charge in [0, 0.05) is 0 Å². The van der Waals surface area contributed by atoms with E-state index in [4.69, 9.17) is 4.74 Å². The van der Waals surface area contributed by atoms with Gasteiger partial charge in [-0.05, 0) is 32.6 Å². The SMILES string of the molecule is CC1(C#CC2(O)CCCCC2)CO1. The van der Waals surface area contributed by atoms with Crippen molar-refractivity contribution in [3.05, 3.63) is 0 Å². The van der Waals surface area contributed by atoms with Gasteiger partial charge in [-0.2, -0.15) is 0 Å². The Morgan fingerprint density at radius 1 is 1.15 bits per heavy atom. The van der Waals surface area contributed by atoms with Crippen molar-refractivity contribution in [1.82, 2.24) is 0 Å². The number of rotatable bonds is 0. The zero-order valence-electron chi connectivity index (χ0n) is 8.10. The van der Waals surface area contributed by atoms with E-state index in [0.717, 1.165) is 32.3 Å². The van der Waals surface area contributed by atoms with Crippen LogP contribution in [0.15, 0.2) is 0 Å². The molecule has 0 aromatic carbocycles. The van der Waals surface area contributed by atoms with Crippen molar-refractivity contribution in [1.29, 1.82) is 0 Å². The third kappa shape index (κ3) is 2.24. The summed E-state index contributed by atoms with van der Waals surface area (Å²) in [5.41, 5.74) is -0.958. The molecule has 1 saturated heterocycles. The summed E-state index contributed by atoms with van der Waals surface area (Å²) in [4.78, 5) is 0. The molecule has 2 fully saturated rings. The minimum Gasteiger partial charge on any atom is -0.378 e. The molecule has 1 heterocycles. The largest absolute Gasteiger partial charge is 0.378 e. The molecule has 13 heavy (non-hydrogen) atoms. The first-order valence-corrected chi connectivity index (χ1v) is 5.03. The van der Waals surface area contributed by atoms with Crippen LogP contribution in [0.5, 0.6) is 0 Å². The summed E-state index contributed by atoms with van der Waals surface area (Å²) in [6, 6.07) is 0. The fourth-order valence-corrected chi connectivity index (χ4v) is 1.69. The molecule has 1 atom stereocenters. The number of epoxide rings is 1. The summed E-state index contributed by atoms with van der Waals surface area (Å²) in [6.07, 6.45) is 5.09. The zero-order valence-corrected chi connectivity index (χ0v) is 8.10. The van der Waals surface area contributed by atoms with Crippen LogP contribution in [-0.2, 0) is 4.74 Å². The predicted octanol–water partition coefficient (Wildman–Crippen LogP) is 1.47. The molecule has 0 radical (unpaired) electrons. The van der Waals surface area contributed by atoms with Gasteiger partial charge in [-0.3, -0.25) is 0 Å². The van der Waals surface area contributed by atoms with Crippen molar-refractivity contribution in [3.8, 4) is 11.8 Å². The van der Waals surface area contributed by atoms with E-state index in [2.05, 4.69) is 11.8 Å². The third-order valence-corrected chi connectivity index (χ3v) is 2.82. The highest BCUT2D eigenvalue weighted by atomic mass is 16.6. The van der Waals surface area contributed by atoms with E-state index in [9.17, 15) is 5.11 Å². The maximum atomic E-state index is 10.0. The van der Waals surface area contributed by atoms with Crippen molar-refractivity contribution >= 4 is 0 Å². The van der Waals surface area contributed by atoms with Crippen LogP contribution in [0.4, 0.5) is 0 Å². The first-order chi connectivity index (χ1) is 6.12. The van der Waals surface area contributed by atoms with Gasteiger partial charge < -0.3 is 9.84 Å². The molecule has 1 unspecified atom stereocenters. The molecule has 2 aliphatic rings. The quantitative estimate of drug-likeness (QED) is 0.452. The zero-order chi connectivity index (χ0) is 9.36. The third-order valence-electron chi connectivity index (χ3n) is 2.82. The van der Waals surface area contributed by atoms with Gasteiger partial charge in [0.25, 0.3) is 0 Å². The topological polar surface area (TPSA) is 32.8 Å². The van der Waals surface area contributed by atoms with E-state index in [0.29, 0.717) is 0 Å². The number of hydrogen-bond donors (Lipinski definition) is 1. The Morgan fingerprint density at radius 3 is 2.31 bits per heavy atom. The van der Waals surface area contributed by atoms with E-state index in [1.54, 1.807) is 0 Å². The van der Waals surface area contributed by atoms with Gasteiger partial charge in [0.15, 0.2) is 0 Å². The molecular weight excluding hydrogens is 164 g/mol. The molecule has 0 bridgehead atoms. The van der Waals surface area contributed by atoms with Gasteiger partial charge in [-0.25, -0.2) is 0 Å². The molecule has 1 N–H and O–H groups in total. The van der Waals surface area contributed by atoms with Crippen LogP contribution in [0.1, 0.15) is 39.0 Å². The van der Waals surface area contributed by atoms with Crippen molar-refractivity contribution in [2.75, 3.05) is 6.61 Å². The minimum atomic E-state index is -0.715. The molecule has 2 heteroatoms. The Kier molecular flexibility index (Phi) is 2.09. The van der Waals surface area contributed by atoms with Gasteiger partial charge in [-0.1, -0.05) is 18.3 Å². The number of aliphatic hydroxyl groups is 1. The van der Waals surface area contributed by atoms with Gasteiger partial charge in [0.1, 0.15) is 11.2 Å². The van der Waals surface area contributed by atoms with Gasteiger partial charge in [0.05, 0.1) is 6.61 Å². The Labute approximate surface area is 79.3 Å². The monoisotopic (exact) mass is 180 g/mol. The molecule has 0 aromatic heterocycles. The first kappa shape index (κ1) is 9.05. The highest BCUT2D eigenvalue weighted by Crippen LogP contribution is 2.29. The van der Waals surface area contributed by atoms with Crippen LogP contribution in [0, 0.1) is 11.8 Å². The number of ether oxygens (including phenoxy) is 1. The summed E-state index contributed by atoms with van der Waals surface area (Å²) >= 11 is 0. The summed E-state index contributed by atoms with van der Waals surface area (Å²) in [5, 5.41) is 10.0. The Hall–Kier alpha value is -0.520. The summed E-state index contributed by atoms with van der Waals surface area (Å²) in [5.74, 6) is 6.00. The maximum Gasteiger partial charge on any atom is 0.149 e. The molecule has 0 spiro atoms. The lowest BCUT2D eigenvalue weighted by Gasteiger charge is -2.26. The van der Waals surface area contributed by atoms with E-state index in [-0.39, 0.29) is 5.60 Å². The fourth-order valence-electron chi connectivity index (χ4n) is 1.69. The maximum absolute atomic E-state index is 10.0. The summed E-state index contributed by atoms with van der Waals surface area (Å²) < 4.78 is 5.15. The lowest BCUT2D eigenvalue weighted by molar-refractivity contribution is 0.0607. The van der Waals surface area contributed by atoms with E-state index < -0.39 is 5.60 Å². The highest BCUT2D eigenvalue weighted by molar-refractivity contribution is 5.24. The van der Waals surface area contributed by atoms with Crippen LogP contribution in [0.2, 0.25) is 0 Å². The predicted molar refractivity (Wildman–Crippen MR) is 50.2 cm³/mol. The van der Waals surface area contributed by atoms with E-state index in [1.807, 2.05) is 6.92 Å². The van der Waals surface area contributed by atoms with E-state index >= 15 is 0 Å². The van der Waals surface area contributed by atoms with E-state index in [1.165, 1.54) is 6.42 Å². The Balaban J connectivity index is 2.00. The van der Waals surface area contributed by atoms with Crippen LogP contribution < -0.4 is 0 Å². The summed E-state index contributed by atoms with van der Waals surface area (Å²) in [6.45, 7) is 2.68. The second-order valence-electron chi connectivity index (χ2n) is 4.36. The average Bonchev–Trinajstić information content (AvgIpc) is 2.84. The Morgan fingerprint density at radius 2 is 1.77 bits per heavy atom. The van der Waals surface area contributed by atoms with Crippen molar-refractivity contribution in [2.45, 2.75) is 50.2 Å². The average molecular weight is 180 g/mol. The standard InChI is InChI=1S/C11H16O2/c1-10(9-13-10)7-8-11(12)5-3-2-4-6-11/h12H,2-6,9H2,1H3. The minimum absolute atomic E-state index is 0.243. The van der Waals surface area contributed by atoms with Gasteiger partial charge >= 0.3 is 0 Å². The van der Waals surface area contributed by atoms with Gasteiger partial charge in [-0.15, -0.1) is 0 Å². The normalized spacial score (nSPS) is 36.2. The van der Waals surface area contributed by atoms with Crippen LogP contribution in [-0.4, -0.2) is 22.9 Å². The molecular formula is C11H16O2. The molecule has 1 aliphatic heterocycles. The lowest BCUT2D eigenvalue weighted by Crippen LogP contribution is -2.29. The lowest BCUT2D eigenvalue weighted by atomic mass is 9.85. The molecule has 2 nitrogen and oxygen atoms in total. The Bertz CT molecular complexity index is 249. The number of hydrogen-bond acceptors (Lipinski definition) is 2. The second-order valence-corrected chi connectivity index (χ2v) is 4.36. The van der Waals surface area contributed by atoms with Crippen molar-refractivity contribution in [2.24, 2.45) is 0 Å². The first-order valence-electron chi connectivity index (χ1n) is 5.03. The second kappa shape index (κ2) is 3.01. The molecule has 1 aliphatic carbocycles. The van der Waals surface area contributed by atoms with Crippen LogP contribution in [0.3, 0.4) is 0 Å². The highest BCUT2D eigenvalue weighted by Gasteiger charge is 2.38. The van der Waals surface area contributed by atoms with Crippen molar-refractivity contribution in [3.63, 3.8) is 0 Å². The molecule has 0 amide bonds. The summed E-state index contributed by atoms with van der Waals surface area (Å²) in [7, 11) is 0. The van der Waals surface area contributed by atoms with Crippen molar-refractivity contribution < 1.29 is 9.84 Å². The van der Waals surface area contributed by atoms with Crippen LogP contribution >= 0.6 is 0 Å². The molecule has 72 valence electrons. The fraction of sp³-hybridized carbons (Fsp3) is 0.818. The smallest absolute Gasteiger partial charge is 0.149 e. The van der Waals surface area contributed by atoms with Gasteiger partial charge in [0.2, 0.25) is 0 Å². The molecule has 2 rings (SSSR count). The molecule has 1 saturated carbocycles. The molecule has 0 aromatic rings. The van der Waals surface area contributed by atoms with Crippen LogP contribution in [0.25, 0.3) is 0 Å².